The van der Waals surface area contributed by atoms with E-state index in [1.807, 2.05) is 12.1 Å². The predicted molar refractivity (Wildman–Crippen MR) is 124 cm³/mol. The molecule has 0 bridgehead atoms. The highest BCUT2D eigenvalue weighted by atomic mass is 16.6. The van der Waals surface area contributed by atoms with Crippen LogP contribution < -0.4 is 10.6 Å². The number of nitro benzene ring substituents is 1. The largest absolute Gasteiger partial charge is 0.383 e. The molecule has 1 fully saturated rings. The molecule has 1 heterocycles. The third-order valence-corrected chi connectivity index (χ3v) is 5.52. The van der Waals surface area contributed by atoms with Gasteiger partial charge in [0.25, 0.3) is 11.6 Å². The van der Waals surface area contributed by atoms with Crippen LogP contribution in [0, 0.1) is 10.1 Å². The molecule has 0 atom stereocenters. The van der Waals surface area contributed by atoms with Gasteiger partial charge in [0.1, 0.15) is 5.69 Å². The summed E-state index contributed by atoms with van der Waals surface area (Å²) in [6, 6.07) is 12.6. The molecule has 9 nitrogen and oxygen atoms in total. The van der Waals surface area contributed by atoms with Gasteiger partial charge in [-0.25, -0.2) is 0 Å². The Hall–Kier alpha value is -3.01. The molecule has 0 aromatic heterocycles. The summed E-state index contributed by atoms with van der Waals surface area (Å²) >= 11 is 0. The Kier molecular flexibility index (Phi) is 8.55. The fraction of sp³-hybridized carbons (Fsp3) is 0.435. The minimum atomic E-state index is -0.492. The predicted octanol–water partition coefficient (Wildman–Crippen LogP) is 2.33. The molecule has 3 rings (SSSR count). The molecule has 2 N–H and O–H groups in total. The Bertz CT molecular complexity index is 928. The fourth-order valence-corrected chi connectivity index (χ4v) is 3.65. The monoisotopic (exact) mass is 441 g/mol. The van der Waals surface area contributed by atoms with Gasteiger partial charge >= 0.3 is 0 Å². The van der Waals surface area contributed by atoms with Crippen LogP contribution >= 0.6 is 0 Å². The van der Waals surface area contributed by atoms with Crippen molar-refractivity contribution in [2.75, 3.05) is 58.8 Å². The zero-order chi connectivity index (χ0) is 22.9. The Balaban J connectivity index is 1.59. The summed E-state index contributed by atoms with van der Waals surface area (Å²) in [5.41, 5.74) is 2.69. The average Bonchev–Trinajstić information content (AvgIpc) is 2.79. The molecule has 9 heteroatoms. The Morgan fingerprint density at radius 3 is 2.59 bits per heavy atom. The molecular weight excluding hydrogens is 410 g/mol. The van der Waals surface area contributed by atoms with Crippen molar-refractivity contribution in [3.8, 4) is 0 Å². The van der Waals surface area contributed by atoms with Crippen molar-refractivity contribution in [1.82, 2.24) is 15.1 Å². The second kappa shape index (κ2) is 11.6. The van der Waals surface area contributed by atoms with Crippen molar-refractivity contribution >= 4 is 17.3 Å². The first-order valence-electron chi connectivity index (χ1n) is 10.7. The van der Waals surface area contributed by atoms with Gasteiger partial charge in [0.05, 0.1) is 11.5 Å². The lowest BCUT2D eigenvalue weighted by Crippen LogP contribution is -2.43. The van der Waals surface area contributed by atoms with Crippen molar-refractivity contribution in [3.05, 3.63) is 69.3 Å². The summed E-state index contributed by atoms with van der Waals surface area (Å²) in [6.07, 6.45) is 0. The summed E-state index contributed by atoms with van der Waals surface area (Å²) in [5.74, 6) is -0.346. The maximum atomic E-state index is 12.6. The molecule has 32 heavy (non-hydrogen) atoms. The topological polar surface area (TPSA) is 100.0 Å². The smallest absolute Gasteiger partial charge is 0.293 e. The number of likely N-dealkylation sites (N-methyl/N-ethyl adjacent to an activating group) is 1. The molecule has 0 aliphatic carbocycles. The van der Waals surface area contributed by atoms with Gasteiger partial charge in [-0.05, 0) is 30.3 Å². The van der Waals surface area contributed by atoms with Crippen LogP contribution in [0.5, 0.6) is 0 Å². The fourth-order valence-electron chi connectivity index (χ4n) is 3.65. The molecule has 2 aromatic rings. The summed E-state index contributed by atoms with van der Waals surface area (Å²) in [5, 5.41) is 17.2. The van der Waals surface area contributed by atoms with E-state index in [4.69, 9.17) is 4.74 Å². The van der Waals surface area contributed by atoms with Crippen LogP contribution in [0.2, 0.25) is 0 Å². The number of hydrogen-bond acceptors (Lipinski definition) is 7. The van der Waals surface area contributed by atoms with Crippen LogP contribution in [0.4, 0.5) is 11.4 Å². The van der Waals surface area contributed by atoms with Crippen LogP contribution in [-0.2, 0) is 17.8 Å². The normalized spacial score (nSPS) is 14.8. The molecule has 1 aliphatic heterocycles. The van der Waals surface area contributed by atoms with Crippen LogP contribution in [0.1, 0.15) is 21.5 Å². The van der Waals surface area contributed by atoms with E-state index in [9.17, 15) is 14.9 Å². The zero-order valence-electron chi connectivity index (χ0n) is 18.7. The number of methoxy groups -OCH3 is 1. The number of amides is 1. The first-order chi connectivity index (χ1) is 15.5. The molecule has 0 radical (unpaired) electrons. The summed E-state index contributed by atoms with van der Waals surface area (Å²) in [6.45, 7) is 6.35. The number of benzene rings is 2. The highest BCUT2D eigenvalue weighted by Crippen LogP contribution is 2.25. The number of carbonyl (C=O) groups is 1. The molecule has 0 spiro atoms. The van der Waals surface area contributed by atoms with Gasteiger partial charge in [0.2, 0.25) is 0 Å². The van der Waals surface area contributed by atoms with Crippen molar-refractivity contribution in [2.45, 2.75) is 13.1 Å². The lowest BCUT2D eigenvalue weighted by atomic mass is 10.1. The summed E-state index contributed by atoms with van der Waals surface area (Å²) in [7, 11) is 3.70. The highest BCUT2D eigenvalue weighted by Gasteiger charge is 2.18. The van der Waals surface area contributed by atoms with E-state index in [-0.39, 0.29) is 17.2 Å². The molecule has 2 aromatic carbocycles. The van der Waals surface area contributed by atoms with E-state index >= 15 is 0 Å². The zero-order valence-corrected chi connectivity index (χ0v) is 18.7. The average molecular weight is 442 g/mol. The van der Waals surface area contributed by atoms with Gasteiger partial charge in [0.15, 0.2) is 0 Å². The lowest BCUT2D eigenvalue weighted by Gasteiger charge is -2.32. The number of piperazine rings is 1. The summed E-state index contributed by atoms with van der Waals surface area (Å²) in [4.78, 5) is 28.3. The van der Waals surface area contributed by atoms with E-state index in [0.29, 0.717) is 25.4 Å². The number of ether oxygens (including phenoxy) is 1. The number of rotatable bonds is 10. The minimum absolute atomic E-state index is 0.136. The Morgan fingerprint density at radius 2 is 1.88 bits per heavy atom. The van der Waals surface area contributed by atoms with Gasteiger partial charge in [-0.15, -0.1) is 0 Å². The number of hydrogen-bond donors (Lipinski definition) is 2. The highest BCUT2D eigenvalue weighted by molar-refractivity contribution is 5.95. The van der Waals surface area contributed by atoms with Crippen molar-refractivity contribution in [1.29, 1.82) is 0 Å². The van der Waals surface area contributed by atoms with Gasteiger partial charge < -0.3 is 20.3 Å². The minimum Gasteiger partial charge on any atom is -0.383 e. The van der Waals surface area contributed by atoms with Crippen molar-refractivity contribution in [2.24, 2.45) is 0 Å². The maximum absolute atomic E-state index is 12.6. The van der Waals surface area contributed by atoms with E-state index in [2.05, 4.69) is 39.6 Å². The number of carbonyl (C=O) groups excluding carboxylic acids is 1. The van der Waals surface area contributed by atoms with E-state index in [1.54, 1.807) is 19.2 Å². The number of nitrogens with one attached hydrogen (secondary N) is 2. The first-order valence-corrected chi connectivity index (χ1v) is 10.7. The number of nitro groups is 1. The lowest BCUT2D eigenvalue weighted by molar-refractivity contribution is -0.384. The Morgan fingerprint density at radius 1 is 1.12 bits per heavy atom. The molecule has 172 valence electrons. The van der Waals surface area contributed by atoms with Crippen molar-refractivity contribution < 1.29 is 14.5 Å². The second-order valence-electron chi connectivity index (χ2n) is 7.99. The first kappa shape index (κ1) is 23.6. The summed E-state index contributed by atoms with van der Waals surface area (Å²) < 4.78 is 4.95. The van der Waals surface area contributed by atoms with E-state index in [1.165, 1.54) is 11.6 Å². The SMILES string of the molecule is COCCNc1ccc(C(=O)NCc2cccc(CN3CCN(C)CC3)c2)cc1[N+](=O)[O-]. The third kappa shape index (κ3) is 6.74. The van der Waals surface area contributed by atoms with Gasteiger partial charge in [0, 0.05) is 64.6 Å². The van der Waals surface area contributed by atoms with Gasteiger partial charge in [-0.3, -0.25) is 19.8 Å². The molecular formula is C23H31N5O4. The molecule has 1 saturated heterocycles. The van der Waals surface area contributed by atoms with Crippen LogP contribution in [0.3, 0.4) is 0 Å². The van der Waals surface area contributed by atoms with Gasteiger partial charge in [-0.1, -0.05) is 24.3 Å². The Labute approximate surface area is 188 Å². The van der Waals surface area contributed by atoms with Crippen molar-refractivity contribution in [3.63, 3.8) is 0 Å². The number of anilines is 1. The molecule has 0 unspecified atom stereocenters. The third-order valence-electron chi connectivity index (χ3n) is 5.52. The standard InChI is InChI=1S/C23H31N5O4/c1-26-9-11-27(12-10-26)17-19-5-3-4-18(14-19)16-25-23(29)20-6-7-21(24-8-13-32-2)22(15-20)28(30)31/h3-7,14-15,24H,8-13,16-17H2,1-2H3,(H,25,29). The van der Waals surface area contributed by atoms with Crippen LogP contribution in [0.15, 0.2) is 42.5 Å². The molecule has 1 aliphatic rings. The van der Waals surface area contributed by atoms with Crippen LogP contribution in [-0.4, -0.2) is 74.1 Å². The number of nitrogens with zero attached hydrogens (tertiary/aromatic N) is 3. The molecule has 0 saturated carbocycles. The van der Waals surface area contributed by atoms with Gasteiger partial charge in [-0.2, -0.15) is 0 Å². The maximum Gasteiger partial charge on any atom is 0.293 e. The van der Waals surface area contributed by atoms with E-state index in [0.717, 1.165) is 38.3 Å². The van der Waals surface area contributed by atoms with E-state index < -0.39 is 4.92 Å². The second-order valence-corrected chi connectivity index (χ2v) is 7.99. The van der Waals surface area contributed by atoms with Crippen LogP contribution in [0.25, 0.3) is 0 Å². The quantitative estimate of drug-likeness (QED) is 0.332. The molecule has 1 amide bonds.